The minimum Gasteiger partial charge on any atom is -0.311 e. The highest BCUT2D eigenvalue weighted by Gasteiger charge is 2.12. The summed E-state index contributed by atoms with van der Waals surface area (Å²) in [5, 5.41) is 22.3. The van der Waals surface area contributed by atoms with E-state index in [0.29, 0.717) is 23.7 Å². The Bertz CT molecular complexity index is 636. The molecule has 0 aliphatic heterocycles. The molecule has 7 nitrogen and oxygen atoms in total. The van der Waals surface area contributed by atoms with Crippen molar-refractivity contribution >= 4 is 5.69 Å². The van der Waals surface area contributed by atoms with Crippen LogP contribution in [0.15, 0.2) is 24.4 Å². The van der Waals surface area contributed by atoms with Crippen molar-refractivity contribution in [3.05, 3.63) is 45.8 Å². The molecule has 0 atom stereocenters. The van der Waals surface area contributed by atoms with Crippen LogP contribution in [0, 0.1) is 23.0 Å². The molecule has 1 aromatic heterocycles. The lowest BCUT2D eigenvalue weighted by Crippen LogP contribution is -2.19. The van der Waals surface area contributed by atoms with Crippen LogP contribution in [0.4, 0.5) is 5.69 Å². The van der Waals surface area contributed by atoms with Crippen LogP contribution in [-0.2, 0) is 6.54 Å². The number of nitro benzene ring substituents is 1. The number of aryl methyl sites for hydroxylation is 1. The molecule has 1 heterocycles. The van der Waals surface area contributed by atoms with E-state index in [1.807, 2.05) is 0 Å². The third-order valence-electron chi connectivity index (χ3n) is 3.05. The van der Waals surface area contributed by atoms with Crippen molar-refractivity contribution in [3.63, 3.8) is 0 Å². The zero-order valence-corrected chi connectivity index (χ0v) is 12.4. The van der Waals surface area contributed by atoms with Gasteiger partial charge >= 0.3 is 0 Å². The second kappa shape index (κ2) is 6.45. The van der Waals surface area contributed by atoms with E-state index in [2.05, 4.69) is 29.5 Å². The Labute approximate surface area is 123 Å². The molecular formula is C14H19N5O2. The SMILES string of the molecule is Cc1ccc(-n2cc(CNCC(C)C)nn2)cc1[N+](=O)[O-]. The smallest absolute Gasteiger partial charge is 0.274 e. The largest absolute Gasteiger partial charge is 0.311 e. The summed E-state index contributed by atoms with van der Waals surface area (Å²) in [6.45, 7) is 7.52. The van der Waals surface area contributed by atoms with E-state index in [9.17, 15) is 10.1 Å². The van der Waals surface area contributed by atoms with Gasteiger partial charge in [0.25, 0.3) is 5.69 Å². The molecule has 112 valence electrons. The summed E-state index contributed by atoms with van der Waals surface area (Å²) in [4.78, 5) is 10.6. The van der Waals surface area contributed by atoms with Gasteiger partial charge in [0.15, 0.2) is 0 Å². The highest BCUT2D eigenvalue weighted by Crippen LogP contribution is 2.21. The monoisotopic (exact) mass is 289 g/mol. The summed E-state index contributed by atoms with van der Waals surface area (Å²) in [5.41, 5.74) is 2.15. The number of nitrogens with one attached hydrogen (secondary N) is 1. The van der Waals surface area contributed by atoms with E-state index in [1.54, 1.807) is 29.9 Å². The maximum Gasteiger partial charge on any atom is 0.274 e. The van der Waals surface area contributed by atoms with E-state index in [4.69, 9.17) is 0 Å². The Morgan fingerprint density at radius 3 is 2.86 bits per heavy atom. The lowest BCUT2D eigenvalue weighted by atomic mass is 10.2. The van der Waals surface area contributed by atoms with Gasteiger partial charge in [0, 0.05) is 18.2 Å². The molecular weight excluding hydrogens is 270 g/mol. The van der Waals surface area contributed by atoms with Gasteiger partial charge in [-0.15, -0.1) is 5.10 Å². The van der Waals surface area contributed by atoms with E-state index in [0.717, 1.165) is 12.2 Å². The van der Waals surface area contributed by atoms with Crippen LogP contribution in [0.3, 0.4) is 0 Å². The summed E-state index contributed by atoms with van der Waals surface area (Å²) in [7, 11) is 0. The van der Waals surface area contributed by atoms with Crippen LogP contribution >= 0.6 is 0 Å². The fraction of sp³-hybridized carbons (Fsp3) is 0.429. The van der Waals surface area contributed by atoms with Crippen molar-refractivity contribution in [2.24, 2.45) is 5.92 Å². The summed E-state index contributed by atoms with van der Waals surface area (Å²) in [6, 6.07) is 5.02. The van der Waals surface area contributed by atoms with Gasteiger partial charge in [-0.05, 0) is 25.5 Å². The minimum absolute atomic E-state index is 0.0856. The standard InChI is InChI=1S/C14H19N5O2/c1-10(2)7-15-8-12-9-18(17-16-12)13-5-4-11(3)14(6-13)19(20)21/h4-6,9-10,15H,7-8H2,1-3H3. The molecule has 1 N–H and O–H groups in total. The molecule has 0 aliphatic carbocycles. The number of hydrogen-bond acceptors (Lipinski definition) is 5. The van der Waals surface area contributed by atoms with Gasteiger partial charge in [0.2, 0.25) is 0 Å². The number of nitrogens with zero attached hydrogens (tertiary/aromatic N) is 4. The second-order valence-electron chi connectivity index (χ2n) is 5.41. The molecule has 1 aromatic carbocycles. The topological polar surface area (TPSA) is 85.9 Å². The number of benzene rings is 1. The average Bonchev–Trinajstić information content (AvgIpc) is 2.87. The molecule has 21 heavy (non-hydrogen) atoms. The number of hydrogen-bond donors (Lipinski definition) is 1. The molecule has 0 fully saturated rings. The van der Waals surface area contributed by atoms with Crippen molar-refractivity contribution in [1.29, 1.82) is 0 Å². The Balaban J connectivity index is 2.14. The van der Waals surface area contributed by atoms with Crippen LogP contribution in [0.25, 0.3) is 5.69 Å². The zero-order chi connectivity index (χ0) is 15.4. The molecule has 0 spiro atoms. The maximum absolute atomic E-state index is 11.0. The molecule has 0 amide bonds. The summed E-state index contributed by atoms with van der Waals surface area (Å²) in [5.74, 6) is 0.569. The lowest BCUT2D eigenvalue weighted by Gasteiger charge is -2.04. The van der Waals surface area contributed by atoms with Gasteiger partial charge < -0.3 is 5.32 Å². The van der Waals surface area contributed by atoms with Crippen molar-refractivity contribution in [1.82, 2.24) is 20.3 Å². The third kappa shape index (κ3) is 3.85. The van der Waals surface area contributed by atoms with Gasteiger partial charge in [0.05, 0.1) is 22.5 Å². The van der Waals surface area contributed by atoms with Gasteiger partial charge in [-0.1, -0.05) is 25.1 Å². The fourth-order valence-electron chi connectivity index (χ4n) is 1.93. The molecule has 7 heteroatoms. The first kappa shape index (κ1) is 15.1. The van der Waals surface area contributed by atoms with E-state index in [1.165, 1.54) is 6.07 Å². The first-order chi connectivity index (χ1) is 9.97. The summed E-state index contributed by atoms with van der Waals surface area (Å²) in [6.07, 6.45) is 1.78. The maximum atomic E-state index is 11.0. The van der Waals surface area contributed by atoms with Crippen LogP contribution < -0.4 is 5.32 Å². The Kier molecular flexibility index (Phi) is 4.64. The molecule has 0 saturated carbocycles. The van der Waals surface area contributed by atoms with Crippen LogP contribution in [-0.4, -0.2) is 26.5 Å². The minimum atomic E-state index is -0.388. The molecule has 0 aliphatic rings. The van der Waals surface area contributed by atoms with Crippen molar-refractivity contribution < 1.29 is 4.92 Å². The molecule has 2 rings (SSSR count). The van der Waals surface area contributed by atoms with E-state index < -0.39 is 0 Å². The Hall–Kier alpha value is -2.28. The molecule has 0 saturated heterocycles. The predicted octanol–water partition coefficient (Wildman–Crippen LogP) is 2.23. The fourth-order valence-corrected chi connectivity index (χ4v) is 1.93. The zero-order valence-electron chi connectivity index (χ0n) is 12.4. The predicted molar refractivity (Wildman–Crippen MR) is 79.3 cm³/mol. The first-order valence-corrected chi connectivity index (χ1v) is 6.84. The quantitative estimate of drug-likeness (QED) is 0.651. The summed E-state index contributed by atoms with van der Waals surface area (Å²) >= 11 is 0. The van der Waals surface area contributed by atoms with Gasteiger partial charge in [-0.2, -0.15) is 0 Å². The number of aromatic nitrogens is 3. The van der Waals surface area contributed by atoms with Gasteiger partial charge in [0.1, 0.15) is 0 Å². The third-order valence-corrected chi connectivity index (χ3v) is 3.05. The van der Waals surface area contributed by atoms with Crippen molar-refractivity contribution in [2.45, 2.75) is 27.3 Å². The van der Waals surface area contributed by atoms with Gasteiger partial charge in [-0.3, -0.25) is 10.1 Å². The highest BCUT2D eigenvalue weighted by molar-refractivity contribution is 5.48. The van der Waals surface area contributed by atoms with Crippen LogP contribution in [0.5, 0.6) is 0 Å². The second-order valence-corrected chi connectivity index (χ2v) is 5.41. The molecule has 0 unspecified atom stereocenters. The molecule has 0 radical (unpaired) electrons. The first-order valence-electron chi connectivity index (χ1n) is 6.84. The van der Waals surface area contributed by atoms with E-state index >= 15 is 0 Å². The van der Waals surface area contributed by atoms with E-state index in [-0.39, 0.29) is 10.6 Å². The highest BCUT2D eigenvalue weighted by atomic mass is 16.6. The lowest BCUT2D eigenvalue weighted by molar-refractivity contribution is -0.385. The Morgan fingerprint density at radius 1 is 1.43 bits per heavy atom. The van der Waals surface area contributed by atoms with Gasteiger partial charge in [-0.25, -0.2) is 4.68 Å². The van der Waals surface area contributed by atoms with Crippen LogP contribution in [0.2, 0.25) is 0 Å². The molecule has 2 aromatic rings. The summed E-state index contributed by atoms with van der Waals surface area (Å²) < 4.78 is 1.55. The Morgan fingerprint density at radius 2 is 2.19 bits per heavy atom. The van der Waals surface area contributed by atoms with Crippen molar-refractivity contribution in [3.8, 4) is 5.69 Å². The average molecular weight is 289 g/mol. The van der Waals surface area contributed by atoms with Crippen molar-refractivity contribution in [2.75, 3.05) is 6.54 Å². The molecule has 0 bridgehead atoms. The number of nitro groups is 1. The number of rotatable bonds is 6. The van der Waals surface area contributed by atoms with Crippen LogP contribution in [0.1, 0.15) is 25.1 Å². The normalized spacial score (nSPS) is 11.0.